The summed E-state index contributed by atoms with van der Waals surface area (Å²) in [6, 6.07) is 13.5. The fourth-order valence-corrected chi connectivity index (χ4v) is 3.64. The van der Waals surface area contributed by atoms with E-state index in [2.05, 4.69) is 10.6 Å². The number of thioether (sulfide) groups is 1. The van der Waals surface area contributed by atoms with E-state index in [4.69, 9.17) is 0 Å². The van der Waals surface area contributed by atoms with Gasteiger partial charge in [0.2, 0.25) is 11.8 Å². The lowest BCUT2D eigenvalue weighted by molar-refractivity contribution is -0.118. The summed E-state index contributed by atoms with van der Waals surface area (Å²) in [6.07, 6.45) is 0.457. The van der Waals surface area contributed by atoms with Crippen molar-refractivity contribution in [2.24, 2.45) is 5.41 Å². The minimum absolute atomic E-state index is 0.00429. The van der Waals surface area contributed by atoms with Crippen LogP contribution in [0, 0.1) is 19.3 Å². The molecule has 4 nitrogen and oxygen atoms in total. The minimum atomic E-state index is -0.263. The third-order valence-corrected chi connectivity index (χ3v) is 5.45. The van der Waals surface area contributed by atoms with E-state index in [0.717, 1.165) is 27.4 Å². The average Bonchev–Trinajstić information content (AvgIpc) is 2.57. The van der Waals surface area contributed by atoms with E-state index in [9.17, 15) is 9.59 Å². The van der Waals surface area contributed by atoms with Gasteiger partial charge in [0.1, 0.15) is 0 Å². The topological polar surface area (TPSA) is 58.2 Å². The van der Waals surface area contributed by atoms with Gasteiger partial charge in [-0.05, 0) is 61.6 Å². The van der Waals surface area contributed by atoms with Crippen LogP contribution in [-0.2, 0) is 9.59 Å². The van der Waals surface area contributed by atoms with Crippen LogP contribution in [0.2, 0.25) is 0 Å². The van der Waals surface area contributed by atoms with Gasteiger partial charge in [-0.25, -0.2) is 0 Å². The van der Waals surface area contributed by atoms with Gasteiger partial charge in [0, 0.05) is 22.7 Å². The summed E-state index contributed by atoms with van der Waals surface area (Å²) in [6.45, 7) is 12.0. The molecular weight excluding hydrogens is 368 g/mol. The van der Waals surface area contributed by atoms with Gasteiger partial charge in [-0.1, -0.05) is 39.0 Å². The Kier molecular flexibility index (Phi) is 7.30. The maximum atomic E-state index is 12.6. The molecule has 0 heterocycles. The number of anilines is 2. The molecule has 2 rings (SSSR count). The normalized spacial score (nSPS) is 12.4. The molecule has 0 radical (unpaired) electrons. The Bertz CT molecular complexity index is 856. The molecular formula is C23H30N2O2S. The first-order chi connectivity index (χ1) is 13.0. The highest BCUT2D eigenvalue weighted by Crippen LogP contribution is 2.28. The third kappa shape index (κ3) is 6.71. The van der Waals surface area contributed by atoms with Crippen LogP contribution in [0.1, 0.15) is 45.2 Å². The van der Waals surface area contributed by atoms with Gasteiger partial charge in [-0.15, -0.1) is 11.8 Å². The van der Waals surface area contributed by atoms with Gasteiger partial charge in [0.05, 0.1) is 5.25 Å². The monoisotopic (exact) mass is 398 g/mol. The summed E-state index contributed by atoms with van der Waals surface area (Å²) in [7, 11) is 0. The van der Waals surface area contributed by atoms with Crippen molar-refractivity contribution in [2.45, 2.75) is 58.1 Å². The summed E-state index contributed by atoms with van der Waals surface area (Å²) in [5.41, 5.74) is 3.77. The van der Waals surface area contributed by atoms with Crippen molar-refractivity contribution in [3.05, 3.63) is 53.6 Å². The largest absolute Gasteiger partial charge is 0.326 e. The Morgan fingerprint density at radius 2 is 1.71 bits per heavy atom. The third-order valence-electron chi connectivity index (χ3n) is 4.35. The van der Waals surface area contributed by atoms with Crippen molar-refractivity contribution in [3.8, 4) is 0 Å². The second-order valence-electron chi connectivity index (χ2n) is 8.31. The highest BCUT2D eigenvalue weighted by atomic mass is 32.2. The molecule has 0 fully saturated rings. The first kappa shape index (κ1) is 22.0. The fraction of sp³-hybridized carbons (Fsp3) is 0.391. The van der Waals surface area contributed by atoms with Crippen LogP contribution < -0.4 is 10.6 Å². The molecule has 0 spiro atoms. The first-order valence-corrected chi connectivity index (χ1v) is 10.4. The highest BCUT2D eigenvalue weighted by molar-refractivity contribution is 8.00. The van der Waals surface area contributed by atoms with E-state index >= 15 is 0 Å². The van der Waals surface area contributed by atoms with Gasteiger partial charge < -0.3 is 10.6 Å². The zero-order valence-corrected chi connectivity index (χ0v) is 18.4. The van der Waals surface area contributed by atoms with Gasteiger partial charge in [-0.3, -0.25) is 9.59 Å². The Labute approximate surface area is 172 Å². The van der Waals surface area contributed by atoms with E-state index in [-0.39, 0.29) is 22.5 Å². The number of hydrogen-bond acceptors (Lipinski definition) is 3. The molecule has 0 aliphatic heterocycles. The van der Waals surface area contributed by atoms with Gasteiger partial charge >= 0.3 is 0 Å². The second kappa shape index (κ2) is 9.28. The molecule has 1 atom stereocenters. The predicted molar refractivity (Wildman–Crippen MR) is 119 cm³/mol. The number of benzene rings is 2. The molecule has 28 heavy (non-hydrogen) atoms. The lowest BCUT2D eigenvalue weighted by Crippen LogP contribution is -2.23. The molecule has 5 heteroatoms. The summed E-state index contributed by atoms with van der Waals surface area (Å²) in [5, 5.41) is 5.69. The lowest BCUT2D eigenvalue weighted by atomic mass is 9.92. The summed E-state index contributed by atoms with van der Waals surface area (Å²) in [5.74, 6) is -0.0452. The van der Waals surface area contributed by atoms with Crippen LogP contribution >= 0.6 is 11.8 Å². The Hall–Kier alpha value is -2.27. The van der Waals surface area contributed by atoms with Crippen molar-refractivity contribution >= 4 is 35.0 Å². The van der Waals surface area contributed by atoms with Crippen molar-refractivity contribution in [1.29, 1.82) is 0 Å². The Morgan fingerprint density at radius 1 is 1.04 bits per heavy atom. The molecule has 1 unspecified atom stereocenters. The predicted octanol–water partition coefficient (Wildman–Crippen LogP) is 5.80. The van der Waals surface area contributed by atoms with Crippen LogP contribution in [0.3, 0.4) is 0 Å². The number of nitrogens with one attached hydrogen (secondary N) is 2. The maximum absolute atomic E-state index is 12.6. The molecule has 0 aliphatic rings. The molecule has 2 aromatic carbocycles. The van der Waals surface area contributed by atoms with E-state index in [1.807, 2.05) is 84.0 Å². The van der Waals surface area contributed by atoms with Crippen molar-refractivity contribution in [3.63, 3.8) is 0 Å². The SMILES string of the molecule is Cc1cccc(NC(=O)C(C)Sc2cccc(NC(=O)CC(C)(C)C)c2)c1C. The van der Waals surface area contributed by atoms with Gasteiger partial charge in [0.25, 0.3) is 0 Å². The summed E-state index contributed by atoms with van der Waals surface area (Å²) in [4.78, 5) is 25.7. The van der Waals surface area contributed by atoms with Gasteiger partial charge in [0.15, 0.2) is 0 Å². The summed E-state index contributed by atoms with van der Waals surface area (Å²) >= 11 is 1.47. The van der Waals surface area contributed by atoms with Crippen LogP contribution in [0.5, 0.6) is 0 Å². The van der Waals surface area contributed by atoms with Gasteiger partial charge in [-0.2, -0.15) is 0 Å². The van der Waals surface area contributed by atoms with Crippen LogP contribution in [0.4, 0.5) is 11.4 Å². The lowest BCUT2D eigenvalue weighted by Gasteiger charge is -2.18. The van der Waals surface area contributed by atoms with Crippen molar-refractivity contribution < 1.29 is 9.59 Å². The number of rotatable bonds is 6. The molecule has 150 valence electrons. The van der Waals surface area contributed by atoms with E-state index in [0.29, 0.717) is 6.42 Å². The quantitative estimate of drug-likeness (QED) is 0.605. The van der Waals surface area contributed by atoms with E-state index in [1.54, 1.807) is 0 Å². The van der Waals surface area contributed by atoms with E-state index in [1.165, 1.54) is 11.8 Å². The van der Waals surface area contributed by atoms with Crippen LogP contribution in [0.15, 0.2) is 47.4 Å². The van der Waals surface area contributed by atoms with Crippen LogP contribution in [-0.4, -0.2) is 17.1 Å². The molecule has 2 N–H and O–H groups in total. The Morgan fingerprint density at radius 3 is 2.39 bits per heavy atom. The smallest absolute Gasteiger partial charge is 0.237 e. The van der Waals surface area contributed by atoms with E-state index < -0.39 is 0 Å². The number of amides is 2. The fourth-order valence-electron chi connectivity index (χ4n) is 2.71. The molecule has 2 aromatic rings. The Balaban J connectivity index is 1.99. The minimum Gasteiger partial charge on any atom is -0.326 e. The van der Waals surface area contributed by atoms with Crippen LogP contribution in [0.25, 0.3) is 0 Å². The average molecular weight is 399 g/mol. The molecule has 0 aliphatic carbocycles. The number of hydrogen-bond donors (Lipinski definition) is 2. The number of carbonyl (C=O) groups excluding carboxylic acids is 2. The number of carbonyl (C=O) groups is 2. The molecule has 2 amide bonds. The standard InChI is InChI=1S/C23H30N2O2S/c1-15-9-7-12-20(16(15)2)25-22(27)17(3)28-19-11-8-10-18(13-19)24-21(26)14-23(4,5)6/h7-13,17H,14H2,1-6H3,(H,24,26)(H,25,27). The zero-order valence-electron chi connectivity index (χ0n) is 17.6. The molecule has 0 aromatic heterocycles. The van der Waals surface area contributed by atoms with Crippen molar-refractivity contribution in [2.75, 3.05) is 10.6 Å². The second-order valence-corrected chi connectivity index (χ2v) is 9.72. The summed E-state index contributed by atoms with van der Waals surface area (Å²) < 4.78 is 0. The highest BCUT2D eigenvalue weighted by Gasteiger charge is 2.18. The zero-order chi connectivity index (χ0) is 20.9. The number of aryl methyl sites for hydroxylation is 1. The first-order valence-electron chi connectivity index (χ1n) is 9.49. The van der Waals surface area contributed by atoms with Crippen molar-refractivity contribution in [1.82, 2.24) is 0 Å². The molecule has 0 bridgehead atoms. The molecule has 0 saturated carbocycles. The molecule has 0 saturated heterocycles. The maximum Gasteiger partial charge on any atom is 0.237 e.